The van der Waals surface area contributed by atoms with Gasteiger partial charge in [-0.25, -0.2) is 0 Å². The Balaban J connectivity index is 2.67. The van der Waals surface area contributed by atoms with Gasteiger partial charge in [-0.2, -0.15) is 0 Å². The molecule has 20 heavy (non-hydrogen) atoms. The van der Waals surface area contributed by atoms with Crippen molar-refractivity contribution < 1.29 is 9.53 Å². The number of nitrogens with two attached hydrogens (primary N) is 1. The summed E-state index contributed by atoms with van der Waals surface area (Å²) in [5.74, 6) is -0.283. The van der Waals surface area contributed by atoms with Crippen LogP contribution in [-0.2, 0) is 9.53 Å². The van der Waals surface area contributed by atoms with Crippen molar-refractivity contribution in [1.29, 1.82) is 0 Å². The zero-order chi connectivity index (χ0) is 15.2. The average Bonchev–Trinajstić information content (AvgIpc) is 2.63. The maximum Gasteiger partial charge on any atom is 0.325 e. The third kappa shape index (κ3) is 4.74. The van der Waals surface area contributed by atoms with Gasteiger partial charge in [0.1, 0.15) is 5.54 Å². The Morgan fingerprint density at radius 2 is 2.10 bits per heavy atom. The number of carbonyl (C=O) groups is 1. The molecule has 1 aliphatic heterocycles. The highest BCUT2D eigenvalue weighted by molar-refractivity contribution is 5.80. The standard InChI is InChI=1S/C16H32N2O2/c1-5-14-10-8-7-9-11-18(14)13(3)12-16(4,17)15(19)20-6-2/h13-14H,5-12,17H2,1-4H3. The van der Waals surface area contributed by atoms with Crippen LogP contribution in [0.4, 0.5) is 0 Å². The fraction of sp³-hybridized carbons (Fsp3) is 0.938. The summed E-state index contributed by atoms with van der Waals surface area (Å²) in [6.07, 6.45) is 6.98. The van der Waals surface area contributed by atoms with Crippen molar-refractivity contribution >= 4 is 5.97 Å². The van der Waals surface area contributed by atoms with Crippen LogP contribution in [0.2, 0.25) is 0 Å². The van der Waals surface area contributed by atoms with Gasteiger partial charge in [0.25, 0.3) is 0 Å². The van der Waals surface area contributed by atoms with Crippen molar-refractivity contribution in [3.63, 3.8) is 0 Å². The molecule has 3 atom stereocenters. The van der Waals surface area contributed by atoms with Gasteiger partial charge in [0.05, 0.1) is 6.61 Å². The minimum absolute atomic E-state index is 0.283. The Bertz CT molecular complexity index is 305. The zero-order valence-electron chi connectivity index (χ0n) is 13.7. The number of hydrogen-bond acceptors (Lipinski definition) is 4. The Hall–Kier alpha value is -0.610. The van der Waals surface area contributed by atoms with Crippen molar-refractivity contribution in [3.8, 4) is 0 Å². The van der Waals surface area contributed by atoms with E-state index in [4.69, 9.17) is 10.5 Å². The molecule has 0 bridgehead atoms. The largest absolute Gasteiger partial charge is 0.465 e. The number of nitrogens with zero attached hydrogens (tertiary/aromatic N) is 1. The molecule has 0 aliphatic carbocycles. The number of ether oxygens (including phenoxy) is 1. The Morgan fingerprint density at radius 3 is 2.70 bits per heavy atom. The fourth-order valence-electron chi connectivity index (χ4n) is 3.33. The highest BCUT2D eigenvalue weighted by atomic mass is 16.5. The molecule has 0 spiro atoms. The molecule has 1 aliphatic rings. The summed E-state index contributed by atoms with van der Waals surface area (Å²) < 4.78 is 5.09. The number of esters is 1. The Morgan fingerprint density at radius 1 is 1.40 bits per heavy atom. The number of rotatable bonds is 6. The van der Waals surface area contributed by atoms with Crippen LogP contribution < -0.4 is 5.73 Å². The van der Waals surface area contributed by atoms with Crippen LogP contribution in [-0.4, -0.2) is 41.6 Å². The normalized spacial score (nSPS) is 25.6. The van der Waals surface area contributed by atoms with Crippen LogP contribution in [0.15, 0.2) is 0 Å². The number of hydrogen-bond donors (Lipinski definition) is 1. The van der Waals surface area contributed by atoms with E-state index in [-0.39, 0.29) is 5.97 Å². The van der Waals surface area contributed by atoms with Crippen molar-refractivity contribution in [3.05, 3.63) is 0 Å². The molecule has 1 heterocycles. The molecule has 0 aromatic rings. The van der Waals surface area contributed by atoms with E-state index in [1.54, 1.807) is 6.92 Å². The maximum atomic E-state index is 11.9. The van der Waals surface area contributed by atoms with E-state index in [0.717, 1.165) is 6.54 Å². The third-order valence-corrected chi connectivity index (χ3v) is 4.42. The predicted molar refractivity (Wildman–Crippen MR) is 82.6 cm³/mol. The van der Waals surface area contributed by atoms with Gasteiger partial charge in [-0.15, -0.1) is 0 Å². The van der Waals surface area contributed by atoms with Crippen LogP contribution in [0, 0.1) is 0 Å². The molecule has 0 aromatic carbocycles. The van der Waals surface area contributed by atoms with Crippen LogP contribution in [0.1, 0.15) is 66.2 Å². The number of likely N-dealkylation sites (tertiary alicyclic amines) is 1. The highest BCUT2D eigenvalue weighted by Gasteiger charge is 2.35. The molecule has 0 saturated carbocycles. The minimum atomic E-state index is -0.889. The van der Waals surface area contributed by atoms with E-state index >= 15 is 0 Å². The zero-order valence-corrected chi connectivity index (χ0v) is 13.7. The molecule has 1 fully saturated rings. The summed E-state index contributed by atoms with van der Waals surface area (Å²) >= 11 is 0. The van der Waals surface area contributed by atoms with Gasteiger partial charge in [-0.05, 0) is 53.0 Å². The van der Waals surface area contributed by atoms with Gasteiger partial charge < -0.3 is 10.5 Å². The van der Waals surface area contributed by atoms with E-state index in [0.29, 0.717) is 25.1 Å². The molecule has 3 unspecified atom stereocenters. The quantitative estimate of drug-likeness (QED) is 0.762. The summed E-state index contributed by atoms with van der Waals surface area (Å²) in [4.78, 5) is 14.5. The second kappa shape index (κ2) is 7.99. The monoisotopic (exact) mass is 284 g/mol. The molecule has 1 saturated heterocycles. The van der Waals surface area contributed by atoms with Gasteiger partial charge >= 0.3 is 5.97 Å². The van der Waals surface area contributed by atoms with Crippen LogP contribution in [0.25, 0.3) is 0 Å². The molecule has 2 N–H and O–H groups in total. The maximum absolute atomic E-state index is 11.9. The molecule has 4 nitrogen and oxygen atoms in total. The first-order valence-corrected chi connectivity index (χ1v) is 8.14. The molecule has 118 valence electrons. The summed E-state index contributed by atoms with van der Waals surface area (Å²) in [5, 5.41) is 0. The lowest BCUT2D eigenvalue weighted by molar-refractivity contribution is -0.149. The predicted octanol–water partition coefficient (Wildman–Crippen LogP) is 2.70. The van der Waals surface area contributed by atoms with Crippen LogP contribution >= 0.6 is 0 Å². The smallest absolute Gasteiger partial charge is 0.325 e. The van der Waals surface area contributed by atoms with Gasteiger partial charge in [-0.3, -0.25) is 9.69 Å². The van der Waals surface area contributed by atoms with Crippen LogP contribution in [0.3, 0.4) is 0 Å². The Labute approximate surface area is 124 Å². The van der Waals surface area contributed by atoms with E-state index in [9.17, 15) is 4.79 Å². The van der Waals surface area contributed by atoms with E-state index in [1.165, 1.54) is 32.1 Å². The molecule has 0 aromatic heterocycles. The molecule has 1 rings (SSSR count). The Kier molecular flexibility index (Phi) is 6.96. The van der Waals surface area contributed by atoms with E-state index in [2.05, 4.69) is 18.7 Å². The van der Waals surface area contributed by atoms with Crippen LogP contribution in [0.5, 0.6) is 0 Å². The third-order valence-electron chi connectivity index (χ3n) is 4.42. The van der Waals surface area contributed by atoms with E-state index in [1.807, 2.05) is 6.92 Å². The van der Waals surface area contributed by atoms with Crippen molar-refractivity contribution in [1.82, 2.24) is 4.90 Å². The number of carbonyl (C=O) groups excluding carboxylic acids is 1. The second-order valence-corrected chi connectivity index (χ2v) is 6.34. The van der Waals surface area contributed by atoms with Gasteiger partial charge in [0, 0.05) is 12.1 Å². The highest BCUT2D eigenvalue weighted by Crippen LogP contribution is 2.25. The topological polar surface area (TPSA) is 55.6 Å². The first-order valence-electron chi connectivity index (χ1n) is 8.14. The lowest BCUT2D eigenvalue weighted by atomic mass is 9.93. The summed E-state index contributed by atoms with van der Waals surface area (Å²) in [6, 6.07) is 0.947. The SMILES string of the molecule is CCOC(=O)C(C)(N)CC(C)N1CCCCCC1CC. The van der Waals surface area contributed by atoms with Gasteiger partial charge in [-0.1, -0.05) is 19.8 Å². The van der Waals surface area contributed by atoms with Crippen molar-refractivity contribution in [2.24, 2.45) is 5.73 Å². The van der Waals surface area contributed by atoms with E-state index < -0.39 is 5.54 Å². The molecular weight excluding hydrogens is 252 g/mol. The summed E-state index contributed by atoms with van der Waals surface area (Å²) in [5.41, 5.74) is 5.29. The summed E-state index contributed by atoms with van der Waals surface area (Å²) in [7, 11) is 0. The minimum Gasteiger partial charge on any atom is -0.465 e. The van der Waals surface area contributed by atoms with Crippen molar-refractivity contribution in [2.45, 2.75) is 83.8 Å². The molecular formula is C16H32N2O2. The molecule has 4 heteroatoms. The first-order chi connectivity index (χ1) is 9.42. The molecule has 0 radical (unpaired) electrons. The summed E-state index contributed by atoms with van der Waals surface area (Å²) in [6.45, 7) is 9.57. The second-order valence-electron chi connectivity index (χ2n) is 6.34. The molecule has 0 amide bonds. The average molecular weight is 284 g/mol. The van der Waals surface area contributed by atoms with Gasteiger partial charge in [0.2, 0.25) is 0 Å². The fourth-order valence-corrected chi connectivity index (χ4v) is 3.33. The lowest BCUT2D eigenvalue weighted by Gasteiger charge is -2.37. The first kappa shape index (κ1) is 17.4. The van der Waals surface area contributed by atoms with Crippen molar-refractivity contribution in [2.75, 3.05) is 13.2 Å². The van der Waals surface area contributed by atoms with Gasteiger partial charge in [0.15, 0.2) is 0 Å². The lowest BCUT2D eigenvalue weighted by Crippen LogP contribution is -2.52.